The van der Waals surface area contributed by atoms with Crippen molar-refractivity contribution in [2.24, 2.45) is 0 Å². The standard InChI is InChI=1S/C18H26N2O3/c1-18(2,3)23-17(21)19-8-7-13-5-6-15(9-14(13)10-19)20-11-16(12-20)22-4/h5-6,9,16H,7-8,10-12H2,1-4H3. The minimum atomic E-state index is -0.452. The molecule has 1 aromatic carbocycles. The highest BCUT2D eigenvalue weighted by Crippen LogP contribution is 2.28. The number of ether oxygens (including phenoxy) is 2. The van der Waals surface area contributed by atoms with E-state index in [0.717, 1.165) is 26.1 Å². The second-order valence-corrected chi connectivity index (χ2v) is 7.37. The Hall–Kier alpha value is -1.75. The lowest BCUT2D eigenvalue weighted by atomic mass is 9.98. The van der Waals surface area contributed by atoms with Crippen LogP contribution in [0.5, 0.6) is 0 Å². The molecule has 0 saturated carbocycles. The fraction of sp³-hybridized carbons (Fsp3) is 0.611. The van der Waals surface area contributed by atoms with E-state index < -0.39 is 5.60 Å². The van der Waals surface area contributed by atoms with Crippen LogP contribution < -0.4 is 4.90 Å². The Morgan fingerprint density at radius 1 is 1.22 bits per heavy atom. The summed E-state index contributed by atoms with van der Waals surface area (Å²) in [5.41, 5.74) is 3.31. The summed E-state index contributed by atoms with van der Waals surface area (Å²) < 4.78 is 10.8. The number of hydrogen-bond donors (Lipinski definition) is 0. The van der Waals surface area contributed by atoms with Gasteiger partial charge in [0.1, 0.15) is 5.60 Å². The van der Waals surface area contributed by atoms with Gasteiger partial charge in [-0.2, -0.15) is 0 Å². The maximum absolute atomic E-state index is 12.3. The summed E-state index contributed by atoms with van der Waals surface area (Å²) in [7, 11) is 1.76. The monoisotopic (exact) mass is 318 g/mol. The summed E-state index contributed by atoms with van der Waals surface area (Å²) in [5.74, 6) is 0. The molecule has 0 aromatic heterocycles. The number of carbonyl (C=O) groups excluding carboxylic acids is 1. The Morgan fingerprint density at radius 2 is 1.96 bits per heavy atom. The Kier molecular flexibility index (Phi) is 4.23. The van der Waals surface area contributed by atoms with Crippen LogP contribution in [-0.2, 0) is 22.4 Å². The van der Waals surface area contributed by atoms with Crippen molar-refractivity contribution in [3.05, 3.63) is 29.3 Å². The topological polar surface area (TPSA) is 42.0 Å². The number of nitrogens with zero attached hydrogens (tertiary/aromatic N) is 2. The van der Waals surface area contributed by atoms with E-state index in [1.807, 2.05) is 20.8 Å². The zero-order valence-corrected chi connectivity index (χ0v) is 14.5. The first-order valence-electron chi connectivity index (χ1n) is 8.23. The molecule has 1 saturated heterocycles. The van der Waals surface area contributed by atoms with E-state index in [1.54, 1.807) is 12.0 Å². The normalized spacial score (nSPS) is 18.4. The molecule has 5 nitrogen and oxygen atoms in total. The van der Waals surface area contributed by atoms with Crippen LogP contribution in [0.2, 0.25) is 0 Å². The molecular weight excluding hydrogens is 292 g/mol. The van der Waals surface area contributed by atoms with Crippen LogP contribution in [-0.4, -0.2) is 49.4 Å². The average Bonchev–Trinajstić information content (AvgIpc) is 2.43. The summed E-state index contributed by atoms with van der Waals surface area (Å²) in [5, 5.41) is 0. The third-order valence-electron chi connectivity index (χ3n) is 4.40. The van der Waals surface area contributed by atoms with E-state index in [2.05, 4.69) is 23.1 Å². The molecule has 1 aromatic rings. The van der Waals surface area contributed by atoms with E-state index >= 15 is 0 Å². The molecule has 2 aliphatic rings. The molecule has 126 valence electrons. The number of carbonyl (C=O) groups is 1. The zero-order chi connectivity index (χ0) is 16.6. The molecule has 5 heteroatoms. The molecule has 0 aliphatic carbocycles. The second-order valence-electron chi connectivity index (χ2n) is 7.37. The highest BCUT2D eigenvalue weighted by molar-refractivity contribution is 5.69. The third kappa shape index (κ3) is 3.61. The van der Waals surface area contributed by atoms with Crippen LogP contribution in [0.15, 0.2) is 18.2 Å². The van der Waals surface area contributed by atoms with Crippen molar-refractivity contribution in [1.82, 2.24) is 4.90 Å². The minimum Gasteiger partial charge on any atom is -0.444 e. The third-order valence-corrected chi connectivity index (χ3v) is 4.40. The summed E-state index contributed by atoms with van der Waals surface area (Å²) in [6, 6.07) is 6.57. The molecule has 0 spiro atoms. The van der Waals surface area contributed by atoms with Crippen molar-refractivity contribution >= 4 is 11.8 Å². The van der Waals surface area contributed by atoms with Gasteiger partial charge in [0.15, 0.2) is 0 Å². The maximum Gasteiger partial charge on any atom is 0.410 e. The summed E-state index contributed by atoms with van der Waals surface area (Å²) in [6.45, 7) is 8.91. The Bertz CT molecular complexity index is 588. The van der Waals surface area contributed by atoms with Crippen molar-refractivity contribution in [2.45, 2.75) is 45.4 Å². The van der Waals surface area contributed by atoms with Gasteiger partial charge in [-0.3, -0.25) is 0 Å². The van der Waals surface area contributed by atoms with Crippen molar-refractivity contribution < 1.29 is 14.3 Å². The molecular formula is C18H26N2O3. The molecule has 0 bridgehead atoms. The summed E-state index contributed by atoms with van der Waals surface area (Å²) in [4.78, 5) is 16.4. The maximum atomic E-state index is 12.3. The fourth-order valence-electron chi connectivity index (χ4n) is 3.02. The van der Waals surface area contributed by atoms with Crippen molar-refractivity contribution in [3.8, 4) is 0 Å². The van der Waals surface area contributed by atoms with Gasteiger partial charge in [-0.05, 0) is 50.5 Å². The quantitative estimate of drug-likeness (QED) is 0.841. The lowest BCUT2D eigenvalue weighted by Gasteiger charge is -2.40. The lowest BCUT2D eigenvalue weighted by Crippen LogP contribution is -2.52. The second kappa shape index (κ2) is 6.04. The molecule has 23 heavy (non-hydrogen) atoms. The number of amides is 1. The van der Waals surface area contributed by atoms with E-state index in [-0.39, 0.29) is 6.09 Å². The molecule has 0 N–H and O–H groups in total. The van der Waals surface area contributed by atoms with Gasteiger partial charge in [-0.15, -0.1) is 0 Å². The van der Waals surface area contributed by atoms with Crippen LogP contribution in [0.4, 0.5) is 10.5 Å². The Labute approximate surface area is 138 Å². The van der Waals surface area contributed by atoms with E-state index in [0.29, 0.717) is 12.6 Å². The first kappa shape index (κ1) is 16.1. The minimum absolute atomic E-state index is 0.225. The average molecular weight is 318 g/mol. The number of rotatable bonds is 2. The molecule has 0 radical (unpaired) electrons. The van der Waals surface area contributed by atoms with Crippen LogP contribution in [0.3, 0.4) is 0 Å². The molecule has 0 atom stereocenters. The van der Waals surface area contributed by atoms with Crippen LogP contribution in [0.1, 0.15) is 31.9 Å². The van der Waals surface area contributed by atoms with Gasteiger partial charge in [0.2, 0.25) is 0 Å². The van der Waals surface area contributed by atoms with Gasteiger partial charge in [0.05, 0.1) is 6.10 Å². The number of hydrogen-bond acceptors (Lipinski definition) is 4. The van der Waals surface area contributed by atoms with Crippen molar-refractivity contribution in [3.63, 3.8) is 0 Å². The van der Waals surface area contributed by atoms with Gasteiger partial charge in [-0.1, -0.05) is 6.07 Å². The van der Waals surface area contributed by atoms with Crippen LogP contribution >= 0.6 is 0 Å². The number of methoxy groups -OCH3 is 1. The van der Waals surface area contributed by atoms with Crippen molar-refractivity contribution in [1.29, 1.82) is 0 Å². The fourth-order valence-corrected chi connectivity index (χ4v) is 3.02. The van der Waals surface area contributed by atoms with E-state index in [4.69, 9.17) is 9.47 Å². The smallest absolute Gasteiger partial charge is 0.410 e. The number of fused-ring (bicyclic) bond motifs is 1. The SMILES string of the molecule is COC1CN(c2ccc3c(c2)CN(C(=O)OC(C)(C)C)CC3)C1. The van der Waals surface area contributed by atoms with Gasteiger partial charge in [-0.25, -0.2) is 4.79 Å². The van der Waals surface area contributed by atoms with Gasteiger partial charge >= 0.3 is 6.09 Å². The van der Waals surface area contributed by atoms with Crippen LogP contribution in [0, 0.1) is 0 Å². The molecule has 1 amide bonds. The number of anilines is 1. The van der Waals surface area contributed by atoms with Gasteiger partial charge in [0.25, 0.3) is 0 Å². The predicted molar refractivity (Wildman–Crippen MR) is 89.8 cm³/mol. The zero-order valence-electron chi connectivity index (χ0n) is 14.5. The highest BCUT2D eigenvalue weighted by atomic mass is 16.6. The lowest BCUT2D eigenvalue weighted by molar-refractivity contribution is 0.0224. The largest absolute Gasteiger partial charge is 0.444 e. The van der Waals surface area contributed by atoms with E-state index in [1.165, 1.54) is 16.8 Å². The summed E-state index contributed by atoms with van der Waals surface area (Å²) in [6.07, 6.45) is 0.997. The van der Waals surface area contributed by atoms with Gasteiger partial charge < -0.3 is 19.3 Å². The predicted octanol–water partition coefficient (Wildman–Crippen LogP) is 2.81. The molecule has 2 aliphatic heterocycles. The first-order valence-corrected chi connectivity index (χ1v) is 8.23. The van der Waals surface area contributed by atoms with Crippen LogP contribution in [0.25, 0.3) is 0 Å². The summed E-state index contributed by atoms with van der Waals surface area (Å²) >= 11 is 0. The first-order chi connectivity index (χ1) is 10.9. The van der Waals surface area contributed by atoms with Crippen molar-refractivity contribution in [2.75, 3.05) is 31.6 Å². The molecule has 0 unspecified atom stereocenters. The molecule has 2 heterocycles. The highest BCUT2D eigenvalue weighted by Gasteiger charge is 2.29. The van der Waals surface area contributed by atoms with E-state index in [9.17, 15) is 4.79 Å². The Balaban J connectivity index is 1.68. The van der Waals surface area contributed by atoms with Gasteiger partial charge in [0, 0.05) is 39.0 Å². The Morgan fingerprint density at radius 3 is 2.61 bits per heavy atom. The number of benzene rings is 1. The molecule has 3 rings (SSSR count). The molecule has 1 fully saturated rings.